The van der Waals surface area contributed by atoms with Crippen LogP contribution in [-0.2, 0) is 6.54 Å². The molecule has 4 heteroatoms. The zero-order chi connectivity index (χ0) is 23.4. The van der Waals surface area contributed by atoms with E-state index in [0.717, 1.165) is 30.7 Å². The summed E-state index contributed by atoms with van der Waals surface area (Å²) in [5.41, 5.74) is 1.22. The predicted molar refractivity (Wildman–Crippen MR) is 131 cm³/mol. The third kappa shape index (κ3) is 3.78. The highest BCUT2D eigenvalue weighted by Crippen LogP contribution is 2.68. The molecule has 182 valence electrons. The fraction of sp³-hybridized carbons (Fsp3) is 0.862. The van der Waals surface area contributed by atoms with Crippen LogP contribution in [-0.4, -0.2) is 21.0 Å². The minimum absolute atomic E-state index is 0.144. The van der Waals surface area contributed by atoms with Crippen LogP contribution in [0.4, 0.5) is 0 Å². The topological polar surface area (TPSA) is 61.8 Å². The SMILES string of the molecule is CCC[C@H]1CC[C@]2(C)C3[C@@H](CC[C@@H]2C1)C1CCC([C@@H](C)Cn2cc(C#N)cn2)[C@@]1(C)C[C@@H]3O. The molecular weight excluding hydrogens is 406 g/mol. The molecule has 5 rings (SSSR count). The van der Waals surface area contributed by atoms with Gasteiger partial charge < -0.3 is 5.11 Å². The standard InChI is InChI=1S/C29H45N3O/c1-5-6-20-11-12-28(3)22(13-20)7-8-23-25-10-9-24(29(25,4)14-26(33)27(23)28)19(2)17-32-18-21(15-30)16-31-32/h16,18-20,22-27,33H,5-14,17H2,1-4H3/t19-,20-,22+,23-,24?,25?,26-,27?,28-,29+/m0/s1. The van der Waals surface area contributed by atoms with Crippen molar-refractivity contribution in [1.82, 2.24) is 9.78 Å². The molecule has 10 atom stereocenters. The lowest BCUT2D eigenvalue weighted by molar-refractivity contribution is -0.176. The van der Waals surface area contributed by atoms with Gasteiger partial charge in [0.05, 0.1) is 17.9 Å². The Kier molecular flexibility index (Phi) is 6.17. The van der Waals surface area contributed by atoms with E-state index in [1.165, 1.54) is 57.8 Å². The van der Waals surface area contributed by atoms with Crippen LogP contribution in [0, 0.1) is 63.6 Å². The molecule has 0 saturated heterocycles. The van der Waals surface area contributed by atoms with Crippen LogP contribution in [0.25, 0.3) is 0 Å². The number of aliphatic hydroxyl groups is 1. The Morgan fingerprint density at radius 2 is 2.03 bits per heavy atom. The fourth-order valence-corrected chi connectivity index (χ4v) is 10.1. The van der Waals surface area contributed by atoms with Gasteiger partial charge in [-0.1, -0.05) is 40.5 Å². The Balaban J connectivity index is 1.34. The van der Waals surface area contributed by atoms with Crippen molar-refractivity contribution in [2.45, 2.75) is 105 Å². The van der Waals surface area contributed by atoms with Crippen molar-refractivity contribution in [2.75, 3.05) is 0 Å². The lowest BCUT2D eigenvalue weighted by atomic mass is 9.43. The van der Waals surface area contributed by atoms with Gasteiger partial charge in [0.1, 0.15) is 6.07 Å². The van der Waals surface area contributed by atoms with Crippen molar-refractivity contribution < 1.29 is 5.11 Å². The summed E-state index contributed by atoms with van der Waals surface area (Å²) in [6.07, 6.45) is 16.6. The maximum Gasteiger partial charge on any atom is 0.102 e. The molecule has 0 amide bonds. The molecule has 1 aromatic rings. The summed E-state index contributed by atoms with van der Waals surface area (Å²) in [6.45, 7) is 10.7. The summed E-state index contributed by atoms with van der Waals surface area (Å²) >= 11 is 0. The van der Waals surface area contributed by atoms with Crippen molar-refractivity contribution in [3.8, 4) is 6.07 Å². The second-order valence-electron chi connectivity index (χ2n) is 13.0. The lowest BCUT2D eigenvalue weighted by Gasteiger charge is -2.63. The smallest absolute Gasteiger partial charge is 0.102 e. The number of fused-ring (bicyclic) bond motifs is 5. The monoisotopic (exact) mass is 451 g/mol. The van der Waals surface area contributed by atoms with Gasteiger partial charge in [-0.25, -0.2) is 0 Å². The molecule has 1 heterocycles. The van der Waals surface area contributed by atoms with Gasteiger partial charge in [-0.05, 0) is 104 Å². The van der Waals surface area contributed by atoms with Gasteiger partial charge in [-0.15, -0.1) is 0 Å². The molecule has 0 bridgehead atoms. The summed E-state index contributed by atoms with van der Waals surface area (Å²) in [4.78, 5) is 0. The first kappa shape index (κ1) is 23.4. The quantitative estimate of drug-likeness (QED) is 0.560. The van der Waals surface area contributed by atoms with Crippen LogP contribution >= 0.6 is 0 Å². The maximum absolute atomic E-state index is 11.8. The molecule has 1 N–H and O–H groups in total. The predicted octanol–water partition coefficient (Wildman–Crippen LogP) is 6.44. The number of hydrogen-bond donors (Lipinski definition) is 1. The van der Waals surface area contributed by atoms with E-state index in [1.54, 1.807) is 6.20 Å². The van der Waals surface area contributed by atoms with Gasteiger partial charge in [0.2, 0.25) is 0 Å². The molecule has 0 spiro atoms. The van der Waals surface area contributed by atoms with Crippen LogP contribution in [0.15, 0.2) is 12.4 Å². The van der Waals surface area contributed by atoms with E-state index in [2.05, 4.69) is 38.9 Å². The van der Waals surface area contributed by atoms with Gasteiger partial charge in [0.25, 0.3) is 0 Å². The van der Waals surface area contributed by atoms with Crippen LogP contribution in [0.3, 0.4) is 0 Å². The molecule has 1 aromatic heterocycles. The Bertz CT molecular complexity index is 888. The minimum atomic E-state index is -0.144. The van der Waals surface area contributed by atoms with Gasteiger partial charge in [0.15, 0.2) is 0 Å². The van der Waals surface area contributed by atoms with Crippen LogP contribution in [0.5, 0.6) is 0 Å². The third-order valence-electron chi connectivity index (χ3n) is 11.4. The average Bonchev–Trinajstić information content (AvgIpc) is 3.37. The fourth-order valence-electron chi connectivity index (χ4n) is 10.1. The second kappa shape index (κ2) is 8.71. The van der Waals surface area contributed by atoms with E-state index in [0.29, 0.717) is 34.7 Å². The Morgan fingerprint density at radius 3 is 2.76 bits per heavy atom. The molecule has 4 fully saturated rings. The van der Waals surface area contributed by atoms with E-state index >= 15 is 0 Å². The first-order valence-electron chi connectivity index (χ1n) is 13.9. The van der Waals surface area contributed by atoms with Crippen LogP contribution < -0.4 is 0 Å². The first-order chi connectivity index (χ1) is 15.8. The summed E-state index contributed by atoms with van der Waals surface area (Å²) in [5, 5.41) is 25.3. The van der Waals surface area contributed by atoms with Crippen molar-refractivity contribution in [2.24, 2.45) is 52.3 Å². The number of nitrogens with zero attached hydrogens (tertiary/aromatic N) is 3. The number of aliphatic hydroxyl groups excluding tert-OH is 1. The van der Waals surface area contributed by atoms with E-state index in [4.69, 9.17) is 5.26 Å². The molecule has 33 heavy (non-hydrogen) atoms. The van der Waals surface area contributed by atoms with E-state index in [-0.39, 0.29) is 11.5 Å². The van der Waals surface area contributed by atoms with Gasteiger partial charge in [-0.2, -0.15) is 10.4 Å². The molecule has 3 unspecified atom stereocenters. The highest BCUT2D eigenvalue weighted by molar-refractivity contribution is 5.21. The van der Waals surface area contributed by atoms with Crippen molar-refractivity contribution in [1.29, 1.82) is 5.26 Å². The minimum Gasteiger partial charge on any atom is -0.393 e. The molecule has 0 aliphatic heterocycles. The zero-order valence-corrected chi connectivity index (χ0v) is 21.3. The molecule has 4 nitrogen and oxygen atoms in total. The summed E-state index contributed by atoms with van der Waals surface area (Å²) in [7, 11) is 0. The van der Waals surface area contributed by atoms with Gasteiger partial charge in [0, 0.05) is 12.7 Å². The summed E-state index contributed by atoms with van der Waals surface area (Å²) < 4.78 is 1.96. The van der Waals surface area contributed by atoms with Crippen molar-refractivity contribution in [3.05, 3.63) is 18.0 Å². The number of rotatable bonds is 5. The van der Waals surface area contributed by atoms with E-state index in [9.17, 15) is 5.11 Å². The Hall–Kier alpha value is -1.34. The number of hydrogen-bond acceptors (Lipinski definition) is 3. The zero-order valence-electron chi connectivity index (χ0n) is 21.3. The second-order valence-corrected chi connectivity index (χ2v) is 13.0. The third-order valence-corrected chi connectivity index (χ3v) is 11.4. The van der Waals surface area contributed by atoms with Crippen LogP contribution in [0.1, 0.15) is 97.5 Å². The normalized spacial score (nSPS) is 45.5. The highest BCUT2D eigenvalue weighted by Gasteiger charge is 2.63. The molecule has 4 saturated carbocycles. The summed E-state index contributed by atoms with van der Waals surface area (Å²) in [6, 6.07) is 2.20. The average molecular weight is 452 g/mol. The summed E-state index contributed by atoms with van der Waals surface area (Å²) in [5.74, 6) is 4.86. The first-order valence-corrected chi connectivity index (χ1v) is 13.9. The Morgan fingerprint density at radius 1 is 1.21 bits per heavy atom. The van der Waals surface area contributed by atoms with Crippen molar-refractivity contribution >= 4 is 0 Å². The molecule has 0 aromatic carbocycles. The van der Waals surface area contributed by atoms with E-state index < -0.39 is 0 Å². The molecule has 0 radical (unpaired) electrons. The molecule has 4 aliphatic carbocycles. The Labute approximate surface area is 201 Å². The number of nitriles is 1. The van der Waals surface area contributed by atoms with Crippen LogP contribution in [0.2, 0.25) is 0 Å². The van der Waals surface area contributed by atoms with Crippen molar-refractivity contribution in [3.63, 3.8) is 0 Å². The largest absolute Gasteiger partial charge is 0.393 e. The maximum atomic E-state index is 11.8. The van der Waals surface area contributed by atoms with E-state index in [1.807, 2.05) is 10.9 Å². The molecule has 4 aliphatic rings. The van der Waals surface area contributed by atoms with Gasteiger partial charge in [-0.3, -0.25) is 4.68 Å². The number of aromatic nitrogens is 2. The molecular formula is C29H45N3O. The highest BCUT2D eigenvalue weighted by atomic mass is 16.3. The van der Waals surface area contributed by atoms with Gasteiger partial charge >= 0.3 is 0 Å². The lowest BCUT2D eigenvalue weighted by Crippen LogP contribution is -2.59.